The highest BCUT2D eigenvalue weighted by Crippen LogP contribution is 2.27. The van der Waals surface area contributed by atoms with E-state index in [1.807, 2.05) is 11.9 Å². The number of aromatic nitrogens is 2. The molecule has 0 aromatic carbocycles. The van der Waals surface area contributed by atoms with E-state index in [0.29, 0.717) is 35.6 Å². The van der Waals surface area contributed by atoms with Gasteiger partial charge < -0.3 is 16.0 Å². The molecule has 0 amide bonds. The standard InChI is InChI=1S/C19H27N5/c1-4-13-21-18-17(20)19(24(3)14-5-2)23-16(22-18)12-11-15-9-7-6-8-10-15/h2,15H,4,6-10,13-14,20H2,1,3H3,(H,21,22,23). The van der Waals surface area contributed by atoms with Crippen LogP contribution in [0.2, 0.25) is 0 Å². The SMILES string of the molecule is C#CCN(C)c1nc(C#CC2CCCCC2)nc(NCCC)c1N. The number of terminal acetylenes is 1. The molecule has 5 heteroatoms. The first-order valence-corrected chi connectivity index (χ1v) is 8.73. The van der Waals surface area contributed by atoms with Gasteiger partial charge in [-0.25, -0.2) is 9.97 Å². The summed E-state index contributed by atoms with van der Waals surface area (Å²) in [6.07, 6.45) is 12.6. The van der Waals surface area contributed by atoms with Crippen LogP contribution in [-0.4, -0.2) is 30.1 Å². The third kappa shape index (κ3) is 4.80. The number of anilines is 3. The third-order valence-corrected chi connectivity index (χ3v) is 4.15. The summed E-state index contributed by atoms with van der Waals surface area (Å²) >= 11 is 0. The summed E-state index contributed by atoms with van der Waals surface area (Å²) in [5.74, 6) is 11.3. The van der Waals surface area contributed by atoms with E-state index in [0.717, 1.165) is 13.0 Å². The van der Waals surface area contributed by atoms with E-state index >= 15 is 0 Å². The first-order chi connectivity index (χ1) is 11.7. The number of nitrogens with two attached hydrogens (primary N) is 1. The molecular formula is C19H27N5. The molecule has 0 spiro atoms. The van der Waals surface area contributed by atoms with E-state index in [1.54, 1.807) is 0 Å². The average molecular weight is 325 g/mol. The lowest BCUT2D eigenvalue weighted by Gasteiger charge is -2.19. The van der Waals surface area contributed by atoms with E-state index in [4.69, 9.17) is 12.2 Å². The van der Waals surface area contributed by atoms with E-state index in [9.17, 15) is 0 Å². The van der Waals surface area contributed by atoms with Crippen LogP contribution in [-0.2, 0) is 0 Å². The molecule has 5 nitrogen and oxygen atoms in total. The lowest BCUT2D eigenvalue weighted by molar-refractivity contribution is 0.430. The topological polar surface area (TPSA) is 67.1 Å². The van der Waals surface area contributed by atoms with E-state index in [1.165, 1.54) is 32.1 Å². The van der Waals surface area contributed by atoms with Gasteiger partial charge >= 0.3 is 0 Å². The van der Waals surface area contributed by atoms with Gasteiger partial charge in [0.2, 0.25) is 5.82 Å². The summed E-state index contributed by atoms with van der Waals surface area (Å²) in [7, 11) is 1.88. The summed E-state index contributed by atoms with van der Waals surface area (Å²) in [5.41, 5.74) is 6.74. The van der Waals surface area contributed by atoms with Crippen molar-refractivity contribution < 1.29 is 0 Å². The summed E-state index contributed by atoms with van der Waals surface area (Å²) in [6, 6.07) is 0. The van der Waals surface area contributed by atoms with Crippen LogP contribution < -0.4 is 16.0 Å². The molecule has 3 N–H and O–H groups in total. The fourth-order valence-electron chi connectivity index (χ4n) is 2.81. The molecule has 0 unspecified atom stereocenters. The molecule has 2 rings (SSSR count). The second kappa shape index (κ2) is 9.03. The van der Waals surface area contributed by atoms with Crippen molar-refractivity contribution >= 4 is 17.3 Å². The molecule has 24 heavy (non-hydrogen) atoms. The molecule has 0 saturated heterocycles. The average Bonchev–Trinajstić information content (AvgIpc) is 2.60. The zero-order valence-corrected chi connectivity index (χ0v) is 14.7. The molecule has 0 atom stereocenters. The Morgan fingerprint density at radius 2 is 2.04 bits per heavy atom. The maximum absolute atomic E-state index is 6.22. The van der Waals surface area contributed by atoms with Crippen molar-refractivity contribution in [2.75, 3.05) is 36.1 Å². The van der Waals surface area contributed by atoms with Crippen molar-refractivity contribution in [2.45, 2.75) is 45.4 Å². The van der Waals surface area contributed by atoms with E-state index < -0.39 is 0 Å². The van der Waals surface area contributed by atoms with Crippen LogP contribution in [0.25, 0.3) is 0 Å². The fraction of sp³-hybridized carbons (Fsp3) is 0.579. The molecule has 1 aliphatic carbocycles. The van der Waals surface area contributed by atoms with Gasteiger partial charge in [-0.1, -0.05) is 38.0 Å². The van der Waals surface area contributed by atoms with Gasteiger partial charge in [0, 0.05) is 19.5 Å². The van der Waals surface area contributed by atoms with Crippen LogP contribution in [0.1, 0.15) is 51.3 Å². The van der Waals surface area contributed by atoms with Gasteiger partial charge in [-0.05, 0) is 25.2 Å². The first kappa shape index (κ1) is 17.9. The zero-order valence-electron chi connectivity index (χ0n) is 14.7. The van der Waals surface area contributed by atoms with Crippen molar-refractivity contribution in [3.63, 3.8) is 0 Å². The van der Waals surface area contributed by atoms with Gasteiger partial charge in [-0.3, -0.25) is 0 Å². The molecule has 0 bridgehead atoms. The van der Waals surface area contributed by atoms with Crippen LogP contribution in [0.15, 0.2) is 0 Å². The lowest BCUT2D eigenvalue weighted by atomic mass is 9.90. The summed E-state index contributed by atoms with van der Waals surface area (Å²) in [4.78, 5) is 10.9. The Bertz CT molecular complexity index is 644. The molecule has 128 valence electrons. The van der Waals surface area contributed by atoms with Crippen molar-refractivity contribution in [2.24, 2.45) is 5.92 Å². The van der Waals surface area contributed by atoms with Crippen LogP contribution in [0, 0.1) is 30.1 Å². The van der Waals surface area contributed by atoms with E-state index in [2.05, 4.69) is 40.0 Å². The van der Waals surface area contributed by atoms with Gasteiger partial charge in [-0.2, -0.15) is 0 Å². The Hall–Kier alpha value is -2.40. The summed E-state index contributed by atoms with van der Waals surface area (Å²) < 4.78 is 0. The minimum atomic E-state index is 0.434. The Kier molecular flexibility index (Phi) is 6.75. The Morgan fingerprint density at radius 1 is 1.29 bits per heavy atom. The largest absolute Gasteiger partial charge is 0.393 e. The highest BCUT2D eigenvalue weighted by atomic mass is 15.2. The number of hydrogen-bond donors (Lipinski definition) is 2. The second-order valence-corrected chi connectivity index (χ2v) is 6.22. The fourth-order valence-corrected chi connectivity index (χ4v) is 2.81. The third-order valence-electron chi connectivity index (χ3n) is 4.15. The van der Waals surface area contributed by atoms with Crippen molar-refractivity contribution in [1.82, 2.24) is 9.97 Å². The van der Waals surface area contributed by atoms with Gasteiger partial charge in [0.15, 0.2) is 11.6 Å². The normalized spacial score (nSPS) is 14.4. The van der Waals surface area contributed by atoms with Gasteiger partial charge in [0.05, 0.1) is 6.54 Å². The number of hydrogen-bond acceptors (Lipinski definition) is 5. The molecule has 0 radical (unpaired) electrons. The highest BCUT2D eigenvalue weighted by molar-refractivity contribution is 5.75. The molecular weight excluding hydrogens is 298 g/mol. The molecule has 1 aromatic heterocycles. The molecule has 0 aliphatic heterocycles. The van der Waals surface area contributed by atoms with Gasteiger partial charge in [0.1, 0.15) is 5.69 Å². The predicted molar refractivity (Wildman–Crippen MR) is 101 cm³/mol. The first-order valence-electron chi connectivity index (χ1n) is 8.73. The predicted octanol–water partition coefficient (Wildman–Crippen LogP) is 2.88. The molecule has 1 heterocycles. The van der Waals surface area contributed by atoms with Crippen molar-refractivity contribution in [3.8, 4) is 24.2 Å². The summed E-state index contributed by atoms with van der Waals surface area (Å²) in [6.45, 7) is 3.33. The minimum absolute atomic E-state index is 0.434. The van der Waals surface area contributed by atoms with Crippen molar-refractivity contribution in [3.05, 3.63) is 5.82 Å². The molecule has 1 saturated carbocycles. The van der Waals surface area contributed by atoms with Gasteiger partial charge in [0.25, 0.3) is 0 Å². The Balaban J connectivity index is 2.30. The van der Waals surface area contributed by atoms with Crippen LogP contribution >= 0.6 is 0 Å². The lowest BCUT2D eigenvalue weighted by Crippen LogP contribution is -2.22. The van der Waals surface area contributed by atoms with Crippen LogP contribution in [0.4, 0.5) is 17.3 Å². The maximum Gasteiger partial charge on any atom is 0.208 e. The zero-order chi connectivity index (χ0) is 17.4. The Labute approximate surface area is 145 Å². The maximum atomic E-state index is 6.22. The second-order valence-electron chi connectivity index (χ2n) is 6.22. The molecule has 1 aromatic rings. The number of nitrogens with zero attached hydrogens (tertiary/aromatic N) is 3. The van der Waals surface area contributed by atoms with Gasteiger partial charge in [-0.15, -0.1) is 6.42 Å². The van der Waals surface area contributed by atoms with Crippen molar-refractivity contribution in [1.29, 1.82) is 0 Å². The number of rotatable bonds is 5. The quantitative estimate of drug-likeness (QED) is 0.815. The highest BCUT2D eigenvalue weighted by Gasteiger charge is 2.15. The number of nitrogens with one attached hydrogen (secondary N) is 1. The molecule has 1 fully saturated rings. The number of nitrogen functional groups attached to an aromatic ring is 1. The smallest absolute Gasteiger partial charge is 0.208 e. The monoisotopic (exact) mass is 325 g/mol. The van der Waals surface area contributed by atoms with E-state index in [-0.39, 0.29) is 0 Å². The summed E-state index contributed by atoms with van der Waals surface area (Å²) in [5, 5.41) is 3.26. The van der Waals surface area contributed by atoms with Crippen LogP contribution in [0.5, 0.6) is 0 Å². The minimum Gasteiger partial charge on any atom is -0.393 e. The molecule has 1 aliphatic rings. The van der Waals surface area contributed by atoms with Crippen LogP contribution in [0.3, 0.4) is 0 Å². The Morgan fingerprint density at radius 3 is 2.71 bits per heavy atom.